The lowest BCUT2D eigenvalue weighted by atomic mass is 9.86. The summed E-state index contributed by atoms with van der Waals surface area (Å²) in [5, 5.41) is 16.6. The molecule has 3 amide bonds. The van der Waals surface area contributed by atoms with Crippen LogP contribution in [0.4, 0.5) is 11.4 Å². The summed E-state index contributed by atoms with van der Waals surface area (Å²) in [6, 6.07) is 12.6. The number of para-hydroxylation sites is 1. The molecule has 2 atom stereocenters. The fraction of sp³-hybridized carbons (Fsp3) is 0.375. The molecule has 4 rings (SSSR count). The molecule has 0 aromatic heterocycles. The highest BCUT2D eigenvalue weighted by molar-refractivity contribution is 6.08. The maximum Gasteiger partial charge on any atom is 0.254 e. The van der Waals surface area contributed by atoms with Crippen molar-refractivity contribution in [2.45, 2.75) is 51.2 Å². The van der Waals surface area contributed by atoms with Gasteiger partial charge in [-0.3, -0.25) is 14.4 Å². The Bertz CT molecular complexity index is 1090. The number of amides is 3. The van der Waals surface area contributed by atoms with Gasteiger partial charge >= 0.3 is 0 Å². The first-order chi connectivity index (χ1) is 14.5. The van der Waals surface area contributed by atoms with Crippen molar-refractivity contribution in [2.75, 3.05) is 16.8 Å². The van der Waals surface area contributed by atoms with Gasteiger partial charge in [0.25, 0.3) is 5.91 Å². The molecule has 0 bridgehead atoms. The number of fused-ring (bicyclic) bond motifs is 2. The number of carbonyl (C=O) groups is 3. The molecule has 2 heterocycles. The number of β-amino-alcohol motifs (C(OH)–C–C–N with tert-alkyl or cyclic N) is 1. The Morgan fingerprint density at radius 2 is 1.97 bits per heavy atom. The first kappa shape index (κ1) is 21.1. The third-order valence-electron chi connectivity index (χ3n) is 6.21. The third-order valence-corrected chi connectivity index (χ3v) is 6.21. The molecule has 3 N–H and O–H groups in total. The number of carbonyl (C=O) groups excluding carboxylic acids is 3. The quantitative estimate of drug-likeness (QED) is 0.691. The van der Waals surface area contributed by atoms with Crippen molar-refractivity contribution in [3.63, 3.8) is 0 Å². The minimum atomic E-state index is -1.79. The van der Waals surface area contributed by atoms with Crippen molar-refractivity contribution in [3.05, 3.63) is 59.2 Å². The maximum absolute atomic E-state index is 13.0. The van der Waals surface area contributed by atoms with Crippen LogP contribution in [0.25, 0.3) is 0 Å². The summed E-state index contributed by atoms with van der Waals surface area (Å²) in [6.07, 6.45) is 0.313. The van der Waals surface area contributed by atoms with Gasteiger partial charge in [0.2, 0.25) is 11.8 Å². The van der Waals surface area contributed by atoms with E-state index in [-0.39, 0.29) is 24.4 Å². The monoisotopic (exact) mass is 421 g/mol. The summed E-state index contributed by atoms with van der Waals surface area (Å²) in [6.45, 7) is 6.78. The highest BCUT2D eigenvalue weighted by Gasteiger charge is 2.47. The Labute approximate surface area is 181 Å². The molecular formula is C24H27N3O4. The summed E-state index contributed by atoms with van der Waals surface area (Å²) >= 11 is 0. The van der Waals surface area contributed by atoms with E-state index in [2.05, 4.69) is 10.6 Å². The molecule has 31 heavy (non-hydrogen) atoms. The molecule has 2 aromatic rings. The predicted molar refractivity (Wildman–Crippen MR) is 118 cm³/mol. The van der Waals surface area contributed by atoms with E-state index >= 15 is 0 Å². The number of anilines is 2. The van der Waals surface area contributed by atoms with Gasteiger partial charge in [-0.25, -0.2) is 0 Å². The fourth-order valence-electron chi connectivity index (χ4n) is 4.29. The molecular weight excluding hydrogens is 394 g/mol. The molecule has 0 fully saturated rings. The van der Waals surface area contributed by atoms with Crippen LogP contribution >= 0.6 is 0 Å². The zero-order valence-corrected chi connectivity index (χ0v) is 18.2. The van der Waals surface area contributed by atoms with Crippen LogP contribution < -0.4 is 15.5 Å². The van der Waals surface area contributed by atoms with Crippen molar-refractivity contribution < 1.29 is 19.5 Å². The first-order valence-corrected chi connectivity index (χ1v) is 10.4. The predicted octanol–water partition coefficient (Wildman–Crippen LogP) is 2.43. The molecule has 0 saturated heterocycles. The molecule has 2 unspecified atom stereocenters. The number of rotatable bonds is 5. The Morgan fingerprint density at radius 1 is 1.26 bits per heavy atom. The minimum absolute atomic E-state index is 0.0507. The van der Waals surface area contributed by atoms with Gasteiger partial charge in [-0.2, -0.15) is 0 Å². The first-order valence-electron chi connectivity index (χ1n) is 10.4. The van der Waals surface area contributed by atoms with Crippen LogP contribution in [0.15, 0.2) is 42.5 Å². The molecule has 0 radical (unpaired) electrons. The molecule has 7 heteroatoms. The van der Waals surface area contributed by atoms with Crippen molar-refractivity contribution in [3.8, 4) is 0 Å². The van der Waals surface area contributed by atoms with E-state index in [4.69, 9.17) is 0 Å². The van der Waals surface area contributed by atoms with Crippen molar-refractivity contribution >= 4 is 29.1 Å². The van der Waals surface area contributed by atoms with Crippen molar-refractivity contribution in [1.82, 2.24) is 5.32 Å². The van der Waals surface area contributed by atoms with Crippen molar-refractivity contribution in [1.29, 1.82) is 0 Å². The van der Waals surface area contributed by atoms with Gasteiger partial charge in [0, 0.05) is 11.4 Å². The number of hydrogen-bond donors (Lipinski definition) is 3. The van der Waals surface area contributed by atoms with Gasteiger partial charge in [-0.1, -0.05) is 30.3 Å². The summed E-state index contributed by atoms with van der Waals surface area (Å²) in [4.78, 5) is 39.0. The topological polar surface area (TPSA) is 98.7 Å². The summed E-state index contributed by atoms with van der Waals surface area (Å²) in [5.74, 6) is -0.763. The minimum Gasteiger partial charge on any atom is -0.378 e. The number of hydrogen-bond acceptors (Lipinski definition) is 4. The van der Waals surface area contributed by atoms with Gasteiger partial charge in [0.15, 0.2) is 5.60 Å². The average Bonchev–Trinajstić information content (AvgIpc) is 3.17. The molecule has 2 aliphatic rings. The van der Waals surface area contributed by atoms with Crippen LogP contribution in [0.2, 0.25) is 0 Å². The molecule has 0 saturated carbocycles. The lowest BCUT2D eigenvalue weighted by Crippen LogP contribution is -2.54. The van der Waals surface area contributed by atoms with E-state index in [0.717, 1.165) is 28.1 Å². The second kappa shape index (κ2) is 7.20. The van der Waals surface area contributed by atoms with E-state index in [1.807, 2.05) is 63.2 Å². The largest absolute Gasteiger partial charge is 0.378 e. The van der Waals surface area contributed by atoms with E-state index in [0.29, 0.717) is 6.42 Å². The fourth-order valence-corrected chi connectivity index (χ4v) is 4.29. The Morgan fingerprint density at radius 3 is 2.71 bits per heavy atom. The summed E-state index contributed by atoms with van der Waals surface area (Å²) in [5.41, 5.74) is 1.60. The van der Waals surface area contributed by atoms with Crippen molar-refractivity contribution in [2.24, 2.45) is 0 Å². The maximum atomic E-state index is 13.0. The zero-order valence-electron chi connectivity index (χ0n) is 18.2. The SMILES string of the molecule is CC(NC(=O)C(C)(O)CN1C(=O)C(C)(C)c2ccccc21)c1ccc2c(c1)CC(=O)N2. The average molecular weight is 421 g/mol. The van der Waals surface area contributed by atoms with E-state index in [9.17, 15) is 19.5 Å². The molecule has 0 aliphatic carbocycles. The highest BCUT2D eigenvalue weighted by atomic mass is 16.3. The third kappa shape index (κ3) is 3.59. The molecule has 7 nitrogen and oxygen atoms in total. The Balaban J connectivity index is 1.49. The van der Waals surface area contributed by atoms with Crippen LogP contribution in [-0.2, 0) is 26.2 Å². The second-order valence-corrected chi connectivity index (χ2v) is 9.14. The molecule has 0 spiro atoms. The van der Waals surface area contributed by atoms with E-state index in [1.54, 1.807) is 0 Å². The van der Waals surface area contributed by atoms with Crippen LogP contribution in [0, 0.1) is 0 Å². The Hall–Kier alpha value is -3.19. The standard InChI is InChI=1S/C24H27N3O4/c1-14(15-9-10-18-16(11-15)12-20(28)26-18)25-21(29)24(4,31)13-27-19-8-6-5-7-17(19)23(2,3)22(27)30/h5-11,14,31H,12-13H2,1-4H3,(H,25,29)(H,26,28). The molecule has 2 aliphatic heterocycles. The normalized spacial score (nSPS) is 19.3. The number of aliphatic hydroxyl groups is 1. The van der Waals surface area contributed by atoms with Gasteiger partial charge in [0.1, 0.15) is 0 Å². The lowest BCUT2D eigenvalue weighted by molar-refractivity contribution is -0.138. The van der Waals surface area contributed by atoms with Gasteiger partial charge in [-0.05, 0) is 56.5 Å². The highest BCUT2D eigenvalue weighted by Crippen LogP contribution is 2.41. The number of benzene rings is 2. The lowest BCUT2D eigenvalue weighted by Gasteiger charge is -2.30. The van der Waals surface area contributed by atoms with E-state index in [1.165, 1.54) is 11.8 Å². The number of nitrogens with zero attached hydrogens (tertiary/aromatic N) is 1. The van der Waals surface area contributed by atoms with Crippen LogP contribution in [-0.4, -0.2) is 35.0 Å². The van der Waals surface area contributed by atoms with Gasteiger partial charge in [0.05, 0.1) is 24.4 Å². The Kier molecular flexibility index (Phi) is 4.89. The summed E-state index contributed by atoms with van der Waals surface area (Å²) in [7, 11) is 0. The molecule has 2 aromatic carbocycles. The van der Waals surface area contributed by atoms with Crippen LogP contribution in [0.1, 0.15) is 50.4 Å². The van der Waals surface area contributed by atoms with Gasteiger partial charge < -0.3 is 20.6 Å². The summed E-state index contributed by atoms with van der Waals surface area (Å²) < 4.78 is 0. The number of nitrogens with one attached hydrogen (secondary N) is 2. The van der Waals surface area contributed by atoms with Crippen LogP contribution in [0.5, 0.6) is 0 Å². The smallest absolute Gasteiger partial charge is 0.254 e. The molecule has 162 valence electrons. The van der Waals surface area contributed by atoms with Crippen LogP contribution in [0.3, 0.4) is 0 Å². The zero-order chi connectivity index (χ0) is 22.6. The van der Waals surface area contributed by atoms with E-state index < -0.39 is 16.9 Å². The van der Waals surface area contributed by atoms with Gasteiger partial charge in [-0.15, -0.1) is 0 Å². The second-order valence-electron chi connectivity index (χ2n) is 9.14.